The first-order valence-corrected chi connectivity index (χ1v) is 6.05. The summed E-state index contributed by atoms with van der Waals surface area (Å²) in [5, 5.41) is 21.4. The van der Waals surface area contributed by atoms with Gasteiger partial charge in [0.25, 0.3) is 5.91 Å². The predicted molar refractivity (Wildman–Crippen MR) is 69.6 cm³/mol. The Bertz CT molecular complexity index is 487. The smallest absolute Gasteiger partial charge is 0.426 e. The van der Waals surface area contributed by atoms with E-state index >= 15 is 0 Å². The average molecular weight is 333 g/mol. The molecule has 4 N–H and O–H groups in total. The molecule has 0 aliphatic carbocycles. The molecule has 0 radical (unpaired) electrons. The Morgan fingerprint density at radius 3 is 2.63 bits per heavy atom. The first-order chi connectivity index (χ1) is 8.90. The molecular formula is C10H11BBrFN2O4. The van der Waals surface area contributed by atoms with Crippen molar-refractivity contribution in [2.24, 2.45) is 0 Å². The molecule has 0 spiro atoms. The Morgan fingerprint density at radius 2 is 2.00 bits per heavy atom. The minimum absolute atomic E-state index is 0.190. The highest BCUT2D eigenvalue weighted by Gasteiger charge is 2.14. The van der Waals surface area contributed by atoms with Gasteiger partial charge in [-0.05, 0) is 18.2 Å². The minimum Gasteiger partial charge on any atom is -0.426 e. The highest BCUT2D eigenvalue weighted by molar-refractivity contribution is 9.10. The number of hydrogen-bond acceptors (Lipinski definition) is 4. The van der Waals surface area contributed by atoms with Gasteiger partial charge in [-0.2, -0.15) is 0 Å². The summed E-state index contributed by atoms with van der Waals surface area (Å²) in [7, 11) is -1.66. The van der Waals surface area contributed by atoms with Crippen molar-refractivity contribution in [3.63, 3.8) is 0 Å². The summed E-state index contributed by atoms with van der Waals surface area (Å²) in [6.07, 6.45) is -0.347. The van der Waals surface area contributed by atoms with Gasteiger partial charge in [-0.3, -0.25) is 9.59 Å². The maximum atomic E-state index is 13.4. The van der Waals surface area contributed by atoms with Crippen LogP contribution in [0.4, 0.5) is 4.39 Å². The normalized spacial score (nSPS) is 9.89. The van der Waals surface area contributed by atoms with Crippen LogP contribution in [0.15, 0.2) is 22.7 Å². The second-order valence-corrected chi connectivity index (χ2v) is 4.51. The predicted octanol–water partition coefficient (Wildman–Crippen LogP) is -0.554. The van der Waals surface area contributed by atoms with Crippen LogP contribution in [0.25, 0.3) is 0 Å². The van der Waals surface area contributed by atoms with E-state index in [1.807, 2.05) is 0 Å². The summed E-state index contributed by atoms with van der Waals surface area (Å²) in [5.74, 6) is -2.05. The highest BCUT2D eigenvalue weighted by Crippen LogP contribution is 2.15. The number of rotatable bonds is 5. The molecule has 19 heavy (non-hydrogen) atoms. The van der Waals surface area contributed by atoms with E-state index < -0.39 is 31.3 Å². The first-order valence-electron chi connectivity index (χ1n) is 5.26. The standard InChI is InChI=1S/C10H11BBrFN2O4/c12-6-1-2-8(13)7(3-6)10(17)14-4-9(16)15-5-11(18)19/h1-3,18-19H,4-5H2,(H,14,17)(H,15,16). The lowest BCUT2D eigenvalue weighted by Crippen LogP contribution is -2.41. The molecule has 0 fully saturated rings. The zero-order valence-corrected chi connectivity index (χ0v) is 11.3. The second kappa shape index (κ2) is 7.22. The van der Waals surface area contributed by atoms with Crippen molar-refractivity contribution in [2.45, 2.75) is 0 Å². The monoisotopic (exact) mass is 332 g/mol. The fourth-order valence-electron chi connectivity index (χ4n) is 1.19. The molecule has 102 valence electrons. The Balaban J connectivity index is 2.51. The molecule has 1 rings (SSSR count). The maximum Gasteiger partial charge on any atom is 0.472 e. The molecule has 0 aliphatic rings. The van der Waals surface area contributed by atoms with Crippen LogP contribution >= 0.6 is 15.9 Å². The van der Waals surface area contributed by atoms with Gasteiger partial charge in [0.15, 0.2) is 0 Å². The van der Waals surface area contributed by atoms with Gasteiger partial charge in [-0.15, -0.1) is 0 Å². The van der Waals surface area contributed by atoms with Gasteiger partial charge in [0, 0.05) is 4.47 Å². The van der Waals surface area contributed by atoms with Crippen molar-refractivity contribution in [3.8, 4) is 0 Å². The lowest BCUT2D eigenvalue weighted by Gasteiger charge is -2.07. The van der Waals surface area contributed by atoms with E-state index in [0.717, 1.165) is 6.07 Å². The SMILES string of the molecule is O=C(CNC(=O)c1cc(Br)ccc1F)NCB(O)O. The molecule has 0 saturated heterocycles. The number of halogens is 2. The van der Waals surface area contributed by atoms with Crippen molar-refractivity contribution in [1.29, 1.82) is 0 Å². The zero-order chi connectivity index (χ0) is 14.4. The molecule has 1 aromatic carbocycles. The van der Waals surface area contributed by atoms with Crippen LogP contribution in [0.2, 0.25) is 0 Å². The lowest BCUT2D eigenvalue weighted by molar-refractivity contribution is -0.119. The molecule has 9 heteroatoms. The van der Waals surface area contributed by atoms with E-state index in [1.165, 1.54) is 12.1 Å². The second-order valence-electron chi connectivity index (χ2n) is 3.59. The Labute approximate surface area is 117 Å². The van der Waals surface area contributed by atoms with Gasteiger partial charge < -0.3 is 20.7 Å². The van der Waals surface area contributed by atoms with Gasteiger partial charge in [-0.25, -0.2) is 4.39 Å². The number of carbonyl (C=O) groups excluding carboxylic acids is 2. The summed E-state index contributed by atoms with van der Waals surface area (Å²) in [6, 6.07) is 3.86. The molecule has 2 amide bonds. The molecule has 0 atom stereocenters. The van der Waals surface area contributed by atoms with Gasteiger partial charge in [-0.1, -0.05) is 15.9 Å². The Hall–Kier alpha value is -1.45. The third kappa shape index (κ3) is 5.37. The van der Waals surface area contributed by atoms with E-state index in [4.69, 9.17) is 10.0 Å². The first kappa shape index (κ1) is 15.6. The molecule has 0 aliphatic heterocycles. The molecule has 0 bridgehead atoms. The Morgan fingerprint density at radius 1 is 1.32 bits per heavy atom. The Kier molecular flexibility index (Phi) is 5.93. The van der Waals surface area contributed by atoms with Crippen LogP contribution in [0.5, 0.6) is 0 Å². The van der Waals surface area contributed by atoms with E-state index in [9.17, 15) is 14.0 Å². The van der Waals surface area contributed by atoms with E-state index in [1.54, 1.807) is 0 Å². The van der Waals surface area contributed by atoms with Crippen LogP contribution in [0, 0.1) is 5.82 Å². The number of benzene rings is 1. The largest absolute Gasteiger partial charge is 0.472 e. The van der Waals surface area contributed by atoms with Crippen molar-refractivity contribution in [3.05, 3.63) is 34.1 Å². The maximum absolute atomic E-state index is 13.4. The van der Waals surface area contributed by atoms with Gasteiger partial charge in [0.1, 0.15) is 5.82 Å². The highest BCUT2D eigenvalue weighted by atomic mass is 79.9. The van der Waals surface area contributed by atoms with Crippen LogP contribution in [0.1, 0.15) is 10.4 Å². The quantitative estimate of drug-likeness (QED) is 0.543. The molecule has 0 unspecified atom stereocenters. The molecule has 0 saturated carbocycles. The molecule has 6 nitrogen and oxygen atoms in total. The molecule has 0 heterocycles. The van der Waals surface area contributed by atoms with Crippen molar-refractivity contribution in [2.75, 3.05) is 13.0 Å². The van der Waals surface area contributed by atoms with Crippen molar-refractivity contribution < 1.29 is 24.0 Å². The van der Waals surface area contributed by atoms with Gasteiger partial charge in [0.05, 0.1) is 18.6 Å². The number of nitrogens with one attached hydrogen (secondary N) is 2. The van der Waals surface area contributed by atoms with Crippen molar-refractivity contribution in [1.82, 2.24) is 10.6 Å². The number of carbonyl (C=O) groups is 2. The fourth-order valence-corrected chi connectivity index (χ4v) is 1.56. The molecular weight excluding hydrogens is 322 g/mol. The van der Waals surface area contributed by atoms with Gasteiger partial charge in [0.2, 0.25) is 5.91 Å². The van der Waals surface area contributed by atoms with Gasteiger partial charge >= 0.3 is 7.12 Å². The molecule has 0 aromatic heterocycles. The van der Waals surface area contributed by atoms with Crippen LogP contribution in [0.3, 0.4) is 0 Å². The zero-order valence-electron chi connectivity index (χ0n) is 9.69. The lowest BCUT2D eigenvalue weighted by atomic mass is 9.92. The van der Waals surface area contributed by atoms with Crippen LogP contribution < -0.4 is 10.6 Å². The average Bonchev–Trinajstić information content (AvgIpc) is 2.36. The summed E-state index contributed by atoms with van der Waals surface area (Å²) >= 11 is 3.10. The fraction of sp³-hybridized carbons (Fsp3) is 0.200. The topological polar surface area (TPSA) is 98.7 Å². The van der Waals surface area contributed by atoms with Crippen LogP contribution in [-0.4, -0.2) is 42.0 Å². The van der Waals surface area contributed by atoms with Crippen molar-refractivity contribution >= 4 is 34.9 Å². The summed E-state index contributed by atoms with van der Waals surface area (Å²) < 4.78 is 13.9. The summed E-state index contributed by atoms with van der Waals surface area (Å²) in [5.41, 5.74) is -0.190. The van der Waals surface area contributed by atoms with E-state index in [2.05, 4.69) is 26.6 Å². The van der Waals surface area contributed by atoms with Crippen LogP contribution in [-0.2, 0) is 4.79 Å². The number of amides is 2. The molecule has 1 aromatic rings. The minimum atomic E-state index is -1.66. The van der Waals surface area contributed by atoms with E-state index in [0.29, 0.717) is 4.47 Å². The van der Waals surface area contributed by atoms with E-state index in [-0.39, 0.29) is 12.0 Å². The third-order valence-corrected chi connectivity index (χ3v) is 2.56. The summed E-state index contributed by atoms with van der Waals surface area (Å²) in [4.78, 5) is 22.8. The third-order valence-electron chi connectivity index (χ3n) is 2.06. The summed E-state index contributed by atoms with van der Waals surface area (Å²) in [6.45, 7) is -0.391. The number of hydrogen-bond donors (Lipinski definition) is 4.